The molecule has 0 unspecified atom stereocenters. The molecule has 2 aromatic rings. The predicted molar refractivity (Wildman–Crippen MR) is 74.3 cm³/mol. The van der Waals surface area contributed by atoms with E-state index >= 15 is 0 Å². The summed E-state index contributed by atoms with van der Waals surface area (Å²) in [5, 5.41) is 9.71. The van der Waals surface area contributed by atoms with Crippen molar-refractivity contribution in [1.82, 2.24) is 0 Å². The molecule has 0 bridgehead atoms. The third-order valence-corrected chi connectivity index (χ3v) is 4.57. The lowest BCUT2D eigenvalue weighted by molar-refractivity contribution is 0.0561. The lowest BCUT2D eigenvalue weighted by Gasteiger charge is -2.02. The Kier molecular flexibility index (Phi) is 4.15. The summed E-state index contributed by atoms with van der Waals surface area (Å²) in [6.45, 7) is -0.319. The van der Waals surface area contributed by atoms with Gasteiger partial charge in [0.25, 0.3) is 0 Å². The summed E-state index contributed by atoms with van der Waals surface area (Å²) in [5.74, 6) is -0.133. The Balaban J connectivity index is 2.54. The van der Waals surface area contributed by atoms with Crippen molar-refractivity contribution < 1.29 is 14.3 Å². The lowest BCUT2D eigenvalue weighted by Crippen LogP contribution is -2.03. The minimum absolute atomic E-state index is 0.224. The van der Waals surface area contributed by atoms with E-state index in [1.54, 1.807) is 18.2 Å². The Morgan fingerprint density at radius 3 is 2.79 bits per heavy atom. The van der Waals surface area contributed by atoms with Gasteiger partial charge in [-0.1, -0.05) is 23.2 Å². The van der Waals surface area contributed by atoms with Crippen LogP contribution in [0.1, 0.15) is 9.67 Å². The first kappa shape index (κ1) is 13.9. The highest BCUT2D eigenvalue weighted by molar-refractivity contribution is 7.22. The molecule has 0 atom stereocenters. The summed E-state index contributed by atoms with van der Waals surface area (Å²) >= 11 is 13.4. The summed E-state index contributed by atoms with van der Waals surface area (Å²) in [6, 6.07) is 5.12. The van der Waals surface area contributed by atoms with Crippen molar-refractivity contribution in [2.45, 2.75) is 0 Å². The number of nitrogens with zero attached hydrogens (tertiary/aromatic N) is 1. The molecule has 4 nitrogen and oxygen atoms in total. The van der Waals surface area contributed by atoms with Crippen molar-refractivity contribution in [2.75, 3.05) is 13.7 Å². The van der Waals surface area contributed by atoms with Gasteiger partial charge in [0.05, 0.1) is 16.8 Å². The summed E-state index contributed by atoms with van der Waals surface area (Å²) in [6.07, 6.45) is 0. The molecule has 2 rings (SSSR count). The van der Waals surface area contributed by atoms with E-state index in [0.29, 0.717) is 20.9 Å². The SMILES string of the molecule is COc1ccc2c(Cl)c(C(=O)OCC#N)sc2c1Cl. The molecule has 0 fully saturated rings. The summed E-state index contributed by atoms with van der Waals surface area (Å²) < 4.78 is 10.5. The van der Waals surface area contributed by atoms with Gasteiger partial charge < -0.3 is 9.47 Å². The van der Waals surface area contributed by atoms with Crippen LogP contribution in [0.4, 0.5) is 0 Å². The predicted octanol–water partition coefficient (Wildman–Crippen LogP) is 3.90. The molecular formula is C12H7Cl2NO3S. The first-order valence-corrected chi connectivity index (χ1v) is 6.66. The van der Waals surface area contributed by atoms with Gasteiger partial charge in [-0.05, 0) is 12.1 Å². The second-order valence-electron chi connectivity index (χ2n) is 3.44. The Labute approximate surface area is 123 Å². The molecule has 98 valence electrons. The normalized spacial score (nSPS) is 10.2. The number of carbonyl (C=O) groups excluding carboxylic acids is 1. The Hall–Kier alpha value is -1.48. The maximum Gasteiger partial charge on any atom is 0.350 e. The molecule has 1 aromatic carbocycles. The largest absolute Gasteiger partial charge is 0.495 e. The van der Waals surface area contributed by atoms with Crippen LogP contribution >= 0.6 is 34.5 Å². The van der Waals surface area contributed by atoms with Gasteiger partial charge in [-0.15, -0.1) is 11.3 Å². The maximum absolute atomic E-state index is 11.7. The van der Waals surface area contributed by atoms with Crippen LogP contribution in [0.2, 0.25) is 10.0 Å². The van der Waals surface area contributed by atoms with E-state index < -0.39 is 5.97 Å². The van der Waals surface area contributed by atoms with Crippen molar-refractivity contribution in [1.29, 1.82) is 5.26 Å². The van der Waals surface area contributed by atoms with E-state index in [-0.39, 0.29) is 16.5 Å². The highest BCUT2D eigenvalue weighted by Gasteiger charge is 2.21. The molecule has 7 heteroatoms. The van der Waals surface area contributed by atoms with E-state index in [2.05, 4.69) is 0 Å². The van der Waals surface area contributed by atoms with E-state index in [4.69, 9.17) is 37.9 Å². The average Bonchev–Trinajstić information content (AvgIpc) is 2.75. The number of nitriles is 1. The zero-order chi connectivity index (χ0) is 14.0. The summed E-state index contributed by atoms with van der Waals surface area (Å²) in [5.41, 5.74) is 0. The van der Waals surface area contributed by atoms with Gasteiger partial charge in [-0.25, -0.2) is 4.79 Å². The second kappa shape index (κ2) is 5.66. The molecule has 0 N–H and O–H groups in total. The molecule has 0 aliphatic carbocycles. The molecule has 0 saturated heterocycles. The zero-order valence-electron chi connectivity index (χ0n) is 9.70. The summed E-state index contributed by atoms with van der Waals surface area (Å²) in [4.78, 5) is 12.0. The van der Waals surface area contributed by atoms with Gasteiger partial charge in [0, 0.05) is 5.39 Å². The van der Waals surface area contributed by atoms with E-state index in [1.165, 1.54) is 7.11 Å². The number of thiophene rings is 1. The van der Waals surface area contributed by atoms with Crippen molar-refractivity contribution in [3.63, 3.8) is 0 Å². The number of hydrogen-bond acceptors (Lipinski definition) is 5. The van der Waals surface area contributed by atoms with Crippen molar-refractivity contribution in [2.24, 2.45) is 0 Å². The topological polar surface area (TPSA) is 59.3 Å². The monoisotopic (exact) mass is 315 g/mol. The highest BCUT2D eigenvalue weighted by atomic mass is 35.5. The standard InChI is InChI=1S/C12H7Cl2NO3S/c1-17-7-3-2-6-8(13)11(12(16)18-5-4-15)19-10(6)9(7)14/h2-3H,5H2,1H3. The van der Waals surface area contributed by atoms with Crippen LogP contribution in [-0.2, 0) is 4.74 Å². The van der Waals surface area contributed by atoms with Crippen LogP contribution in [0.3, 0.4) is 0 Å². The number of fused-ring (bicyclic) bond motifs is 1. The molecule has 0 amide bonds. The molecule has 0 radical (unpaired) electrons. The third kappa shape index (κ3) is 2.47. The fourth-order valence-electron chi connectivity index (χ4n) is 1.53. The number of methoxy groups -OCH3 is 1. The Bertz CT molecular complexity index is 690. The lowest BCUT2D eigenvalue weighted by atomic mass is 10.2. The number of esters is 1. The first-order valence-electron chi connectivity index (χ1n) is 5.08. The maximum atomic E-state index is 11.7. The number of benzene rings is 1. The van der Waals surface area contributed by atoms with E-state index in [1.807, 2.05) is 0 Å². The number of carbonyl (C=O) groups is 1. The Morgan fingerprint density at radius 1 is 1.42 bits per heavy atom. The van der Waals surface area contributed by atoms with Crippen LogP contribution in [0.5, 0.6) is 5.75 Å². The smallest absolute Gasteiger partial charge is 0.350 e. The zero-order valence-corrected chi connectivity index (χ0v) is 12.0. The van der Waals surface area contributed by atoms with Crippen molar-refractivity contribution in [3.8, 4) is 11.8 Å². The quantitative estimate of drug-likeness (QED) is 0.806. The van der Waals surface area contributed by atoms with Gasteiger partial charge in [0.2, 0.25) is 0 Å². The molecule has 1 aromatic heterocycles. The van der Waals surface area contributed by atoms with Crippen LogP contribution in [0.15, 0.2) is 12.1 Å². The van der Waals surface area contributed by atoms with Crippen molar-refractivity contribution in [3.05, 3.63) is 27.1 Å². The number of hydrogen-bond donors (Lipinski definition) is 0. The first-order chi connectivity index (χ1) is 9.10. The second-order valence-corrected chi connectivity index (χ2v) is 5.21. The van der Waals surface area contributed by atoms with Gasteiger partial charge in [0.15, 0.2) is 6.61 Å². The number of rotatable bonds is 3. The van der Waals surface area contributed by atoms with Crippen LogP contribution in [0, 0.1) is 11.3 Å². The number of halogens is 2. The minimum atomic E-state index is -0.636. The molecule has 0 aliphatic heterocycles. The van der Waals surface area contributed by atoms with Crippen LogP contribution in [0.25, 0.3) is 10.1 Å². The van der Waals surface area contributed by atoms with Crippen LogP contribution < -0.4 is 4.74 Å². The van der Waals surface area contributed by atoms with E-state index in [9.17, 15) is 4.79 Å². The molecule has 0 spiro atoms. The minimum Gasteiger partial charge on any atom is -0.495 e. The van der Waals surface area contributed by atoms with Crippen LogP contribution in [-0.4, -0.2) is 19.7 Å². The van der Waals surface area contributed by atoms with Gasteiger partial charge in [0.1, 0.15) is 21.7 Å². The molecule has 0 saturated carbocycles. The highest BCUT2D eigenvalue weighted by Crippen LogP contribution is 2.43. The van der Waals surface area contributed by atoms with E-state index in [0.717, 1.165) is 11.3 Å². The van der Waals surface area contributed by atoms with Gasteiger partial charge in [-0.2, -0.15) is 5.26 Å². The van der Waals surface area contributed by atoms with Gasteiger partial charge in [-0.3, -0.25) is 0 Å². The fraction of sp³-hybridized carbons (Fsp3) is 0.167. The molecular weight excluding hydrogens is 309 g/mol. The third-order valence-electron chi connectivity index (χ3n) is 2.37. The fourth-order valence-corrected chi connectivity index (χ4v) is 3.31. The number of ether oxygens (including phenoxy) is 2. The molecule has 1 heterocycles. The van der Waals surface area contributed by atoms with Gasteiger partial charge >= 0.3 is 5.97 Å². The molecule has 19 heavy (non-hydrogen) atoms. The Morgan fingerprint density at radius 2 is 2.16 bits per heavy atom. The van der Waals surface area contributed by atoms with Crippen molar-refractivity contribution >= 4 is 50.6 Å². The average molecular weight is 316 g/mol. The molecule has 0 aliphatic rings. The summed E-state index contributed by atoms with van der Waals surface area (Å²) in [7, 11) is 1.50.